The average molecular weight is 290 g/mol. The lowest BCUT2D eigenvalue weighted by molar-refractivity contribution is -0.0483. The Labute approximate surface area is 127 Å². The second kappa shape index (κ2) is 6.83. The van der Waals surface area contributed by atoms with Gasteiger partial charge in [-0.25, -0.2) is 0 Å². The predicted octanol–water partition coefficient (Wildman–Crippen LogP) is 0.528. The van der Waals surface area contributed by atoms with E-state index >= 15 is 0 Å². The van der Waals surface area contributed by atoms with Crippen LogP contribution in [0.25, 0.3) is 0 Å². The molecule has 1 aromatic rings. The number of hydrogen-bond donors (Lipinski definition) is 0. The van der Waals surface area contributed by atoms with E-state index in [4.69, 9.17) is 4.74 Å². The van der Waals surface area contributed by atoms with Crippen molar-refractivity contribution in [3.63, 3.8) is 0 Å². The van der Waals surface area contributed by atoms with Gasteiger partial charge in [-0.05, 0) is 26.2 Å². The van der Waals surface area contributed by atoms with Gasteiger partial charge in [-0.3, -0.25) is 14.8 Å². The van der Waals surface area contributed by atoms with Crippen LogP contribution in [-0.4, -0.2) is 85.3 Å². The van der Waals surface area contributed by atoms with Crippen molar-refractivity contribution in [3.05, 3.63) is 30.1 Å². The number of rotatable bonds is 5. The molecule has 0 aliphatic carbocycles. The molecular weight excluding hydrogens is 264 g/mol. The zero-order chi connectivity index (χ0) is 14.7. The van der Waals surface area contributed by atoms with E-state index < -0.39 is 0 Å². The van der Waals surface area contributed by atoms with Gasteiger partial charge in [0.15, 0.2) is 0 Å². The maximum absolute atomic E-state index is 5.99. The fourth-order valence-electron chi connectivity index (χ4n) is 3.29. The summed E-state index contributed by atoms with van der Waals surface area (Å²) in [5.74, 6) is 0. The second-order valence-corrected chi connectivity index (χ2v) is 6.33. The Morgan fingerprint density at radius 2 is 2.24 bits per heavy atom. The van der Waals surface area contributed by atoms with Crippen LogP contribution in [0.5, 0.6) is 0 Å². The van der Waals surface area contributed by atoms with E-state index in [0.29, 0.717) is 12.1 Å². The Hall–Kier alpha value is -1.01. The molecule has 2 aliphatic heterocycles. The third-order valence-electron chi connectivity index (χ3n) is 4.44. The number of aromatic nitrogens is 1. The lowest BCUT2D eigenvalue weighted by atomic mass is 10.1. The summed E-state index contributed by atoms with van der Waals surface area (Å²) in [4.78, 5) is 11.8. The minimum Gasteiger partial charge on any atom is -0.374 e. The summed E-state index contributed by atoms with van der Waals surface area (Å²) in [6.07, 6.45) is 2.24. The standard InChI is InChI=1S/C16H26N4O/c1-18(2)7-8-20-9-10-21-16-13-19(12-15(16)20)11-14-5-3-4-6-17-14/h3-6,15-16H,7-13H2,1-2H3/t15-,16+/m1/s1. The number of pyridine rings is 1. The molecule has 0 aromatic carbocycles. The number of likely N-dealkylation sites (N-methyl/N-ethyl adjacent to an activating group) is 1. The number of fused-ring (bicyclic) bond motifs is 1. The Kier molecular flexibility index (Phi) is 4.85. The molecule has 0 radical (unpaired) electrons. The average Bonchev–Trinajstić information content (AvgIpc) is 2.89. The third kappa shape index (κ3) is 3.80. The van der Waals surface area contributed by atoms with E-state index in [1.54, 1.807) is 0 Å². The van der Waals surface area contributed by atoms with Gasteiger partial charge < -0.3 is 9.64 Å². The van der Waals surface area contributed by atoms with Gasteiger partial charge in [0, 0.05) is 51.5 Å². The fraction of sp³-hybridized carbons (Fsp3) is 0.688. The number of nitrogens with zero attached hydrogens (tertiary/aromatic N) is 4. The summed E-state index contributed by atoms with van der Waals surface area (Å²) < 4.78 is 5.99. The van der Waals surface area contributed by atoms with Gasteiger partial charge in [-0.15, -0.1) is 0 Å². The molecule has 0 bridgehead atoms. The lowest BCUT2D eigenvalue weighted by Crippen LogP contribution is -2.52. The van der Waals surface area contributed by atoms with Crippen molar-refractivity contribution < 1.29 is 4.74 Å². The van der Waals surface area contributed by atoms with E-state index in [-0.39, 0.29) is 0 Å². The fourth-order valence-corrected chi connectivity index (χ4v) is 3.29. The van der Waals surface area contributed by atoms with Crippen LogP contribution in [0.1, 0.15) is 5.69 Å². The van der Waals surface area contributed by atoms with Gasteiger partial charge in [-0.2, -0.15) is 0 Å². The Balaban J connectivity index is 1.57. The molecule has 0 amide bonds. The summed E-state index contributed by atoms with van der Waals surface area (Å²) >= 11 is 0. The molecule has 2 aliphatic rings. The molecule has 3 rings (SSSR count). The molecule has 0 N–H and O–H groups in total. The SMILES string of the molecule is CN(C)CCN1CCO[C@H]2CN(Cc3ccccn3)C[C@H]21. The molecule has 0 saturated carbocycles. The summed E-state index contributed by atoms with van der Waals surface area (Å²) in [6.45, 7) is 7.23. The highest BCUT2D eigenvalue weighted by atomic mass is 16.5. The van der Waals surface area contributed by atoms with Crippen molar-refractivity contribution in [2.24, 2.45) is 0 Å². The van der Waals surface area contributed by atoms with Gasteiger partial charge in [0.1, 0.15) is 0 Å². The quantitative estimate of drug-likeness (QED) is 0.790. The number of likely N-dealkylation sites (tertiary alicyclic amines) is 1. The minimum absolute atomic E-state index is 0.365. The van der Waals surface area contributed by atoms with Gasteiger partial charge in [0.05, 0.1) is 18.4 Å². The first-order chi connectivity index (χ1) is 10.2. The van der Waals surface area contributed by atoms with Crippen molar-refractivity contribution in [2.45, 2.75) is 18.7 Å². The van der Waals surface area contributed by atoms with E-state index in [0.717, 1.165) is 51.6 Å². The zero-order valence-corrected chi connectivity index (χ0v) is 13.1. The lowest BCUT2D eigenvalue weighted by Gasteiger charge is -2.37. The van der Waals surface area contributed by atoms with Gasteiger partial charge in [0.25, 0.3) is 0 Å². The summed E-state index contributed by atoms with van der Waals surface area (Å²) in [5, 5.41) is 0. The molecule has 1 aromatic heterocycles. The highest BCUT2D eigenvalue weighted by Crippen LogP contribution is 2.23. The smallest absolute Gasteiger partial charge is 0.0870 e. The molecule has 2 atom stereocenters. The molecule has 5 heteroatoms. The highest BCUT2D eigenvalue weighted by Gasteiger charge is 2.39. The molecule has 21 heavy (non-hydrogen) atoms. The molecular formula is C16H26N4O. The molecule has 5 nitrogen and oxygen atoms in total. The van der Waals surface area contributed by atoms with Crippen LogP contribution in [-0.2, 0) is 11.3 Å². The summed E-state index contributed by atoms with van der Waals surface area (Å²) in [7, 11) is 4.28. The zero-order valence-electron chi connectivity index (χ0n) is 13.1. The minimum atomic E-state index is 0.365. The molecule has 2 fully saturated rings. The Bertz CT molecular complexity index is 439. The topological polar surface area (TPSA) is 31.8 Å². The van der Waals surface area contributed by atoms with Gasteiger partial charge in [0.2, 0.25) is 0 Å². The van der Waals surface area contributed by atoms with Crippen molar-refractivity contribution in [2.75, 3.05) is 53.4 Å². The monoisotopic (exact) mass is 290 g/mol. The number of hydrogen-bond acceptors (Lipinski definition) is 5. The van der Waals surface area contributed by atoms with Crippen molar-refractivity contribution in [1.29, 1.82) is 0 Å². The maximum Gasteiger partial charge on any atom is 0.0870 e. The molecule has 2 saturated heterocycles. The van der Waals surface area contributed by atoms with Crippen LogP contribution in [0.2, 0.25) is 0 Å². The highest BCUT2D eigenvalue weighted by molar-refractivity contribution is 5.05. The van der Waals surface area contributed by atoms with Crippen molar-refractivity contribution in [3.8, 4) is 0 Å². The molecule has 3 heterocycles. The number of ether oxygens (including phenoxy) is 1. The first kappa shape index (κ1) is 14.9. The summed E-state index contributed by atoms with van der Waals surface area (Å²) in [6, 6.07) is 6.68. The van der Waals surface area contributed by atoms with Crippen molar-refractivity contribution >= 4 is 0 Å². The summed E-state index contributed by atoms with van der Waals surface area (Å²) in [5.41, 5.74) is 1.15. The van der Waals surface area contributed by atoms with Crippen LogP contribution in [0, 0.1) is 0 Å². The molecule has 0 spiro atoms. The Morgan fingerprint density at radius 1 is 1.33 bits per heavy atom. The van der Waals surface area contributed by atoms with Gasteiger partial charge in [-0.1, -0.05) is 6.07 Å². The first-order valence-corrected chi connectivity index (χ1v) is 7.85. The van der Waals surface area contributed by atoms with Crippen LogP contribution < -0.4 is 0 Å². The van der Waals surface area contributed by atoms with E-state index in [2.05, 4.69) is 45.9 Å². The van der Waals surface area contributed by atoms with Crippen LogP contribution >= 0.6 is 0 Å². The van der Waals surface area contributed by atoms with Crippen LogP contribution in [0.3, 0.4) is 0 Å². The van der Waals surface area contributed by atoms with Crippen molar-refractivity contribution in [1.82, 2.24) is 19.7 Å². The molecule has 116 valence electrons. The van der Waals surface area contributed by atoms with Crippen LogP contribution in [0.4, 0.5) is 0 Å². The Morgan fingerprint density at radius 3 is 3.00 bits per heavy atom. The number of morpholine rings is 1. The van der Waals surface area contributed by atoms with Crippen LogP contribution in [0.15, 0.2) is 24.4 Å². The predicted molar refractivity (Wildman–Crippen MR) is 83.2 cm³/mol. The third-order valence-corrected chi connectivity index (χ3v) is 4.44. The van der Waals surface area contributed by atoms with E-state index in [1.165, 1.54) is 0 Å². The largest absolute Gasteiger partial charge is 0.374 e. The molecule has 0 unspecified atom stereocenters. The second-order valence-electron chi connectivity index (χ2n) is 6.33. The normalized spacial score (nSPS) is 27.2. The van der Waals surface area contributed by atoms with E-state index in [9.17, 15) is 0 Å². The maximum atomic E-state index is 5.99. The first-order valence-electron chi connectivity index (χ1n) is 7.85. The van der Waals surface area contributed by atoms with E-state index in [1.807, 2.05) is 12.3 Å². The van der Waals surface area contributed by atoms with Gasteiger partial charge >= 0.3 is 0 Å².